The molecule has 0 fully saturated rings. The van der Waals surface area contributed by atoms with E-state index in [4.69, 9.17) is 26.8 Å². The van der Waals surface area contributed by atoms with Crippen LogP contribution in [0.2, 0.25) is 5.15 Å². The first-order chi connectivity index (χ1) is 14.1. The predicted octanol–water partition coefficient (Wildman–Crippen LogP) is 4.23. The zero-order valence-corrected chi connectivity index (χ0v) is 17.6. The highest BCUT2D eigenvalue weighted by molar-refractivity contribution is 7.13. The summed E-state index contributed by atoms with van der Waals surface area (Å²) >= 11 is 7.32. The van der Waals surface area contributed by atoms with E-state index in [-0.39, 0.29) is 0 Å². The minimum Gasteiger partial charge on any atom is -0.497 e. The van der Waals surface area contributed by atoms with E-state index in [0.29, 0.717) is 46.3 Å². The van der Waals surface area contributed by atoms with Crippen LogP contribution in [0.4, 0.5) is 0 Å². The molecule has 29 heavy (non-hydrogen) atoms. The van der Waals surface area contributed by atoms with E-state index in [1.165, 1.54) is 17.5 Å². The van der Waals surface area contributed by atoms with Crippen molar-refractivity contribution in [3.63, 3.8) is 0 Å². The molecule has 0 spiro atoms. The van der Waals surface area contributed by atoms with Gasteiger partial charge in [-0.05, 0) is 24.6 Å². The molecular formula is C20H20ClN5O2S. The number of thiazole rings is 1. The van der Waals surface area contributed by atoms with E-state index in [1.807, 2.05) is 31.2 Å². The van der Waals surface area contributed by atoms with Crippen LogP contribution < -0.4 is 15.2 Å². The monoisotopic (exact) mass is 429 g/mol. The number of aliphatic imine (C=N–C) groups is 1. The summed E-state index contributed by atoms with van der Waals surface area (Å²) in [4.78, 5) is 17.5. The zero-order chi connectivity index (χ0) is 20.6. The van der Waals surface area contributed by atoms with Crippen LogP contribution in [0.25, 0.3) is 16.4 Å². The van der Waals surface area contributed by atoms with E-state index in [1.54, 1.807) is 24.8 Å². The number of aromatic nitrogens is 3. The summed E-state index contributed by atoms with van der Waals surface area (Å²) in [7, 11) is 1.63. The molecule has 150 valence electrons. The second-order valence-corrected chi connectivity index (χ2v) is 7.02. The van der Waals surface area contributed by atoms with Crippen LogP contribution in [-0.4, -0.2) is 34.8 Å². The van der Waals surface area contributed by atoms with Crippen LogP contribution in [-0.2, 0) is 6.61 Å². The van der Waals surface area contributed by atoms with Crippen molar-refractivity contribution in [2.45, 2.75) is 13.5 Å². The van der Waals surface area contributed by atoms with Crippen LogP contribution in [0.5, 0.6) is 11.6 Å². The fourth-order valence-electron chi connectivity index (χ4n) is 2.36. The molecule has 0 saturated carbocycles. The molecule has 0 atom stereocenters. The molecule has 3 rings (SSSR count). The maximum Gasteiger partial charge on any atom is 0.217 e. The maximum absolute atomic E-state index is 5.96. The van der Waals surface area contributed by atoms with Crippen LogP contribution in [0.15, 0.2) is 46.9 Å². The number of allylic oxidation sites excluding steroid dienone is 1. The number of nitrogens with zero attached hydrogens (tertiary/aromatic N) is 4. The Kier molecular flexibility index (Phi) is 7.15. The van der Waals surface area contributed by atoms with Crippen molar-refractivity contribution in [3.05, 3.63) is 58.3 Å². The molecule has 3 aromatic rings. The van der Waals surface area contributed by atoms with E-state index in [2.05, 4.69) is 19.9 Å². The average molecular weight is 430 g/mol. The molecule has 0 aliphatic carbocycles. The first-order valence-corrected chi connectivity index (χ1v) is 10.1. The van der Waals surface area contributed by atoms with Crippen molar-refractivity contribution in [1.29, 1.82) is 0 Å². The standard InChI is InChI=1S/C20H20ClN5O2S/c1-3-23-10-14(9-22)16-8-18(26-19(24-16)20-25-17(21)12-29-20)28-11-13-4-6-15(27-2)7-5-13/h4-10,12H,3,11,22H2,1-2H3. The van der Waals surface area contributed by atoms with E-state index < -0.39 is 0 Å². The van der Waals surface area contributed by atoms with Gasteiger partial charge in [0.2, 0.25) is 5.88 Å². The summed E-state index contributed by atoms with van der Waals surface area (Å²) in [6.45, 7) is 2.92. The average Bonchev–Trinajstić information content (AvgIpc) is 3.19. The molecule has 9 heteroatoms. The Hall–Kier alpha value is -2.97. The largest absolute Gasteiger partial charge is 0.497 e. The van der Waals surface area contributed by atoms with Gasteiger partial charge in [-0.2, -0.15) is 4.98 Å². The van der Waals surface area contributed by atoms with Gasteiger partial charge in [0.1, 0.15) is 17.5 Å². The van der Waals surface area contributed by atoms with E-state index >= 15 is 0 Å². The lowest BCUT2D eigenvalue weighted by molar-refractivity contribution is 0.293. The van der Waals surface area contributed by atoms with Gasteiger partial charge in [-0.25, -0.2) is 9.97 Å². The number of hydrogen-bond donors (Lipinski definition) is 1. The molecule has 2 N–H and O–H groups in total. The smallest absolute Gasteiger partial charge is 0.217 e. The van der Waals surface area contributed by atoms with Crippen molar-refractivity contribution in [1.82, 2.24) is 15.0 Å². The van der Waals surface area contributed by atoms with Crippen molar-refractivity contribution >= 4 is 34.7 Å². The van der Waals surface area contributed by atoms with Crippen molar-refractivity contribution < 1.29 is 9.47 Å². The maximum atomic E-state index is 5.96. The highest BCUT2D eigenvalue weighted by atomic mass is 35.5. The Labute approximate surface area is 177 Å². The Morgan fingerprint density at radius 3 is 2.66 bits per heavy atom. The third-order valence-corrected chi connectivity index (χ3v) is 4.97. The third-order valence-electron chi connectivity index (χ3n) is 3.80. The number of nitrogens with two attached hydrogens (primary N) is 1. The van der Waals surface area contributed by atoms with Gasteiger partial charge in [0.05, 0.1) is 12.8 Å². The summed E-state index contributed by atoms with van der Waals surface area (Å²) in [6, 6.07) is 9.35. The first-order valence-electron chi connectivity index (χ1n) is 8.81. The number of rotatable bonds is 8. The fourth-order valence-corrected chi connectivity index (χ4v) is 3.24. The van der Waals surface area contributed by atoms with Gasteiger partial charge in [-0.3, -0.25) is 4.99 Å². The molecule has 2 aromatic heterocycles. The Morgan fingerprint density at radius 1 is 1.24 bits per heavy atom. The molecule has 0 radical (unpaired) electrons. The Bertz CT molecular complexity index is 1020. The Balaban J connectivity index is 1.91. The van der Waals surface area contributed by atoms with Crippen LogP contribution in [0, 0.1) is 0 Å². The number of ether oxygens (including phenoxy) is 2. The molecule has 1 aromatic carbocycles. The second kappa shape index (κ2) is 9.99. The lowest BCUT2D eigenvalue weighted by Gasteiger charge is -2.10. The van der Waals surface area contributed by atoms with Gasteiger partial charge in [-0.1, -0.05) is 23.7 Å². The summed E-state index contributed by atoms with van der Waals surface area (Å²) in [5.41, 5.74) is 8.01. The molecule has 2 heterocycles. The van der Waals surface area contributed by atoms with E-state index in [9.17, 15) is 0 Å². The highest BCUT2D eigenvalue weighted by Gasteiger charge is 2.13. The van der Waals surface area contributed by atoms with Gasteiger partial charge in [0.15, 0.2) is 10.8 Å². The van der Waals surface area contributed by atoms with Crippen molar-refractivity contribution in [2.75, 3.05) is 13.7 Å². The van der Waals surface area contributed by atoms with Gasteiger partial charge in [0.25, 0.3) is 0 Å². The molecule has 0 unspecified atom stereocenters. The lowest BCUT2D eigenvalue weighted by Crippen LogP contribution is -2.03. The third kappa shape index (κ3) is 5.52. The predicted molar refractivity (Wildman–Crippen MR) is 117 cm³/mol. The quantitative estimate of drug-likeness (QED) is 0.538. The SMILES string of the molecule is CCN=CC(=CN)c1cc(OCc2ccc(OC)cc2)nc(-c2nc(Cl)cs2)n1. The Morgan fingerprint density at radius 2 is 2.03 bits per heavy atom. The van der Waals surface area contributed by atoms with E-state index in [0.717, 1.165) is 11.3 Å². The summed E-state index contributed by atoms with van der Waals surface area (Å²) in [5.74, 6) is 1.60. The molecule has 7 nitrogen and oxygen atoms in total. The topological polar surface area (TPSA) is 95.5 Å². The lowest BCUT2D eigenvalue weighted by atomic mass is 10.2. The highest BCUT2D eigenvalue weighted by Crippen LogP contribution is 2.27. The molecule has 0 aliphatic heterocycles. The number of hydrogen-bond acceptors (Lipinski definition) is 8. The first kappa shape index (κ1) is 20.8. The van der Waals surface area contributed by atoms with Crippen molar-refractivity contribution in [2.24, 2.45) is 10.7 Å². The number of benzene rings is 1. The second-order valence-electron chi connectivity index (χ2n) is 5.78. The normalized spacial score (nSPS) is 11.8. The molecule has 0 saturated heterocycles. The van der Waals surface area contributed by atoms with Crippen LogP contribution in [0.1, 0.15) is 18.2 Å². The summed E-state index contributed by atoms with van der Waals surface area (Å²) in [5, 5.41) is 2.71. The van der Waals surface area contributed by atoms with Crippen LogP contribution in [0.3, 0.4) is 0 Å². The molecule has 0 aliphatic rings. The molecule has 0 bridgehead atoms. The number of halogens is 1. The molecule has 0 amide bonds. The fraction of sp³-hybridized carbons (Fsp3) is 0.200. The summed E-state index contributed by atoms with van der Waals surface area (Å²) < 4.78 is 11.1. The van der Waals surface area contributed by atoms with Gasteiger partial charge < -0.3 is 15.2 Å². The van der Waals surface area contributed by atoms with Crippen molar-refractivity contribution in [3.8, 4) is 22.5 Å². The van der Waals surface area contributed by atoms with Gasteiger partial charge in [-0.15, -0.1) is 11.3 Å². The van der Waals surface area contributed by atoms with Gasteiger partial charge >= 0.3 is 0 Å². The molecular weight excluding hydrogens is 410 g/mol. The van der Waals surface area contributed by atoms with Gasteiger partial charge in [0, 0.05) is 36.0 Å². The zero-order valence-electron chi connectivity index (χ0n) is 16.0. The minimum absolute atomic E-state index is 0.337. The number of methoxy groups -OCH3 is 1. The minimum atomic E-state index is 0.337. The summed E-state index contributed by atoms with van der Waals surface area (Å²) in [6.07, 6.45) is 3.13. The van der Waals surface area contributed by atoms with Crippen LogP contribution >= 0.6 is 22.9 Å².